The van der Waals surface area contributed by atoms with Gasteiger partial charge in [0.2, 0.25) is 17.6 Å². The second-order valence-corrected chi connectivity index (χ2v) is 6.11. The van der Waals surface area contributed by atoms with E-state index in [4.69, 9.17) is 4.52 Å². The highest BCUT2D eigenvalue weighted by Crippen LogP contribution is 2.33. The van der Waals surface area contributed by atoms with Crippen LogP contribution in [0.3, 0.4) is 0 Å². The second-order valence-electron chi connectivity index (χ2n) is 6.11. The predicted octanol–water partition coefficient (Wildman–Crippen LogP) is 1.48. The van der Waals surface area contributed by atoms with E-state index in [2.05, 4.69) is 25.4 Å². The third-order valence-electron chi connectivity index (χ3n) is 4.27. The minimum Gasteiger partial charge on any atom is -0.356 e. The van der Waals surface area contributed by atoms with Crippen LogP contribution in [-0.2, 0) is 10.2 Å². The van der Waals surface area contributed by atoms with Crippen molar-refractivity contribution in [3.05, 3.63) is 42.9 Å². The molecule has 4 heterocycles. The summed E-state index contributed by atoms with van der Waals surface area (Å²) in [6, 6.07) is 3.70. The molecule has 0 spiro atoms. The van der Waals surface area contributed by atoms with Crippen molar-refractivity contribution in [3.8, 4) is 17.2 Å². The molecular weight excluding hydrogens is 308 g/mol. The molecule has 3 aromatic heterocycles. The SMILES string of the molecule is CC1(c2nc(-c3cccnc3-n3ccnc3)no2)CCNC(=O)C1. The third-order valence-corrected chi connectivity index (χ3v) is 4.27. The van der Waals surface area contributed by atoms with Gasteiger partial charge >= 0.3 is 0 Å². The van der Waals surface area contributed by atoms with Crippen molar-refractivity contribution < 1.29 is 9.32 Å². The van der Waals surface area contributed by atoms with E-state index in [0.717, 1.165) is 12.0 Å². The molecule has 1 amide bonds. The van der Waals surface area contributed by atoms with Crippen LogP contribution in [0.1, 0.15) is 25.7 Å². The molecule has 0 aromatic carbocycles. The molecule has 24 heavy (non-hydrogen) atoms. The zero-order chi connectivity index (χ0) is 16.6. The van der Waals surface area contributed by atoms with Crippen LogP contribution in [-0.4, -0.2) is 37.1 Å². The Labute approximate surface area is 137 Å². The first-order chi connectivity index (χ1) is 11.7. The van der Waals surface area contributed by atoms with Gasteiger partial charge in [-0.15, -0.1) is 0 Å². The Hall–Kier alpha value is -3.03. The Morgan fingerprint density at radius 1 is 1.38 bits per heavy atom. The Bertz CT molecular complexity index is 872. The number of piperidine rings is 1. The van der Waals surface area contributed by atoms with Crippen molar-refractivity contribution in [1.29, 1.82) is 0 Å². The highest BCUT2D eigenvalue weighted by atomic mass is 16.5. The monoisotopic (exact) mass is 324 g/mol. The van der Waals surface area contributed by atoms with Crippen molar-refractivity contribution in [2.75, 3.05) is 6.54 Å². The summed E-state index contributed by atoms with van der Waals surface area (Å²) in [6.07, 6.45) is 7.96. The van der Waals surface area contributed by atoms with E-state index in [9.17, 15) is 4.79 Å². The van der Waals surface area contributed by atoms with Crippen LogP contribution in [0.25, 0.3) is 17.2 Å². The Morgan fingerprint density at radius 2 is 2.29 bits per heavy atom. The standard InChI is InChI=1S/C16H16N6O2/c1-16(4-6-18-12(23)9-16)15-20-13(21-24-15)11-3-2-5-19-14(11)22-8-7-17-10-22/h2-3,5,7-8,10H,4,6,9H2,1H3,(H,18,23). The molecule has 1 N–H and O–H groups in total. The number of carbonyl (C=O) groups excluding carboxylic acids is 1. The lowest BCUT2D eigenvalue weighted by molar-refractivity contribution is -0.124. The van der Waals surface area contributed by atoms with E-state index >= 15 is 0 Å². The third kappa shape index (κ3) is 2.45. The maximum Gasteiger partial charge on any atom is 0.233 e. The highest BCUT2D eigenvalue weighted by Gasteiger charge is 2.38. The number of aromatic nitrogens is 5. The normalized spacial score (nSPS) is 20.8. The molecule has 1 saturated heterocycles. The van der Waals surface area contributed by atoms with Crippen LogP contribution in [0.4, 0.5) is 0 Å². The van der Waals surface area contributed by atoms with Gasteiger partial charge in [-0.25, -0.2) is 9.97 Å². The summed E-state index contributed by atoms with van der Waals surface area (Å²) >= 11 is 0. The zero-order valence-electron chi connectivity index (χ0n) is 13.1. The summed E-state index contributed by atoms with van der Waals surface area (Å²) in [7, 11) is 0. The predicted molar refractivity (Wildman–Crippen MR) is 84.2 cm³/mol. The van der Waals surface area contributed by atoms with Gasteiger partial charge in [0.1, 0.15) is 12.1 Å². The number of hydrogen-bond donors (Lipinski definition) is 1. The van der Waals surface area contributed by atoms with Crippen molar-refractivity contribution >= 4 is 5.91 Å². The van der Waals surface area contributed by atoms with Crippen LogP contribution >= 0.6 is 0 Å². The van der Waals surface area contributed by atoms with E-state index < -0.39 is 5.41 Å². The average molecular weight is 324 g/mol. The number of carbonyl (C=O) groups is 1. The average Bonchev–Trinajstić information content (AvgIpc) is 3.27. The molecule has 1 fully saturated rings. The lowest BCUT2D eigenvalue weighted by atomic mass is 9.80. The summed E-state index contributed by atoms with van der Waals surface area (Å²) in [6.45, 7) is 2.59. The van der Waals surface area contributed by atoms with Crippen LogP contribution < -0.4 is 5.32 Å². The molecule has 1 unspecified atom stereocenters. The second kappa shape index (κ2) is 5.55. The molecule has 8 heteroatoms. The minimum atomic E-state index is -0.440. The van der Waals surface area contributed by atoms with Gasteiger partial charge in [0.05, 0.1) is 11.0 Å². The maximum atomic E-state index is 11.7. The lowest BCUT2D eigenvalue weighted by Gasteiger charge is -2.29. The quantitative estimate of drug-likeness (QED) is 0.783. The molecule has 0 aliphatic carbocycles. The molecule has 3 aromatic rings. The van der Waals surface area contributed by atoms with Crippen LogP contribution in [0.2, 0.25) is 0 Å². The Balaban J connectivity index is 1.73. The summed E-state index contributed by atoms with van der Waals surface area (Å²) in [5.74, 6) is 1.61. The highest BCUT2D eigenvalue weighted by molar-refractivity contribution is 5.78. The van der Waals surface area contributed by atoms with E-state index in [1.807, 2.05) is 19.1 Å². The molecular formula is C16H16N6O2. The van der Waals surface area contributed by atoms with Crippen molar-refractivity contribution in [2.45, 2.75) is 25.2 Å². The van der Waals surface area contributed by atoms with Crippen molar-refractivity contribution in [2.24, 2.45) is 0 Å². The number of nitrogens with one attached hydrogen (secondary N) is 1. The van der Waals surface area contributed by atoms with Gasteiger partial charge < -0.3 is 9.84 Å². The molecule has 4 rings (SSSR count). The lowest BCUT2D eigenvalue weighted by Crippen LogP contribution is -2.41. The van der Waals surface area contributed by atoms with Gasteiger partial charge in [0, 0.05) is 31.6 Å². The van der Waals surface area contributed by atoms with Crippen molar-refractivity contribution in [3.63, 3.8) is 0 Å². The van der Waals surface area contributed by atoms with Crippen LogP contribution in [0.5, 0.6) is 0 Å². The van der Waals surface area contributed by atoms with Crippen LogP contribution in [0, 0.1) is 0 Å². The topological polar surface area (TPSA) is 98.7 Å². The molecule has 1 atom stereocenters. The number of nitrogens with zero attached hydrogens (tertiary/aromatic N) is 5. The fourth-order valence-corrected chi connectivity index (χ4v) is 2.91. The molecule has 1 aliphatic rings. The Kier molecular flexibility index (Phi) is 3.37. The van der Waals surface area contributed by atoms with E-state index in [1.165, 1.54) is 0 Å². The number of imidazole rings is 1. The largest absolute Gasteiger partial charge is 0.356 e. The maximum absolute atomic E-state index is 11.7. The first-order valence-corrected chi connectivity index (χ1v) is 7.70. The smallest absolute Gasteiger partial charge is 0.233 e. The van der Waals surface area contributed by atoms with Gasteiger partial charge in [-0.1, -0.05) is 12.1 Å². The molecule has 122 valence electrons. The first-order valence-electron chi connectivity index (χ1n) is 7.70. The summed E-state index contributed by atoms with van der Waals surface area (Å²) in [4.78, 5) is 24.7. The number of rotatable bonds is 3. The number of hydrogen-bond acceptors (Lipinski definition) is 6. The van der Waals surface area contributed by atoms with Gasteiger partial charge in [-0.2, -0.15) is 4.98 Å². The van der Waals surface area contributed by atoms with Crippen LogP contribution in [0.15, 0.2) is 41.6 Å². The Morgan fingerprint density at radius 3 is 3.08 bits per heavy atom. The summed E-state index contributed by atoms with van der Waals surface area (Å²) in [5.41, 5.74) is 0.305. The number of amides is 1. The first kappa shape index (κ1) is 14.6. The van der Waals surface area contributed by atoms with E-state index in [1.54, 1.807) is 29.5 Å². The van der Waals surface area contributed by atoms with Crippen molar-refractivity contribution in [1.82, 2.24) is 30.0 Å². The molecule has 0 saturated carbocycles. The molecule has 0 bridgehead atoms. The molecule has 8 nitrogen and oxygen atoms in total. The molecule has 0 radical (unpaired) electrons. The van der Waals surface area contributed by atoms with E-state index in [-0.39, 0.29) is 5.91 Å². The van der Waals surface area contributed by atoms with E-state index in [0.29, 0.717) is 30.5 Å². The summed E-state index contributed by atoms with van der Waals surface area (Å²) in [5, 5.41) is 6.93. The zero-order valence-corrected chi connectivity index (χ0v) is 13.1. The van der Waals surface area contributed by atoms with Gasteiger partial charge in [0.25, 0.3) is 0 Å². The van der Waals surface area contributed by atoms with Gasteiger partial charge in [-0.05, 0) is 18.6 Å². The fraction of sp³-hybridized carbons (Fsp3) is 0.312. The van der Waals surface area contributed by atoms with Gasteiger partial charge in [0.15, 0.2) is 0 Å². The number of pyridine rings is 1. The molecule has 1 aliphatic heterocycles. The summed E-state index contributed by atoms with van der Waals surface area (Å²) < 4.78 is 7.28. The minimum absolute atomic E-state index is 0.00369. The van der Waals surface area contributed by atoms with Gasteiger partial charge in [-0.3, -0.25) is 9.36 Å². The fourth-order valence-electron chi connectivity index (χ4n) is 2.91.